The van der Waals surface area contributed by atoms with Gasteiger partial charge in [-0.2, -0.15) is 0 Å². The van der Waals surface area contributed by atoms with E-state index < -0.39 is 0 Å². The van der Waals surface area contributed by atoms with Crippen LogP contribution in [0.3, 0.4) is 0 Å². The molecule has 27 heavy (non-hydrogen) atoms. The monoisotopic (exact) mass is 369 g/mol. The maximum atomic E-state index is 13.3. The molecular weight excluding hydrogens is 350 g/mol. The van der Waals surface area contributed by atoms with E-state index in [1.165, 1.54) is 16.0 Å². The van der Waals surface area contributed by atoms with Crippen molar-refractivity contribution in [3.05, 3.63) is 101 Å². The number of thioether (sulfide) groups is 1. The van der Waals surface area contributed by atoms with Crippen LogP contribution in [0.2, 0.25) is 0 Å². The van der Waals surface area contributed by atoms with Crippen LogP contribution in [0.5, 0.6) is 0 Å². The SMILES string of the molecule is CCc1ccc(C2Sc3ccccc3NC3=C2C(=O)c2ccccc23)cc1. The van der Waals surface area contributed by atoms with Gasteiger partial charge in [0.1, 0.15) is 0 Å². The minimum atomic E-state index is -0.0260. The van der Waals surface area contributed by atoms with Crippen molar-refractivity contribution in [1.29, 1.82) is 0 Å². The number of hydrogen-bond donors (Lipinski definition) is 1. The minimum absolute atomic E-state index is 0.0260. The van der Waals surface area contributed by atoms with Gasteiger partial charge in [-0.25, -0.2) is 0 Å². The highest BCUT2D eigenvalue weighted by Gasteiger charge is 2.37. The van der Waals surface area contributed by atoms with Crippen LogP contribution >= 0.6 is 11.8 Å². The van der Waals surface area contributed by atoms with Gasteiger partial charge in [-0.1, -0.05) is 67.6 Å². The number of benzene rings is 3. The molecule has 1 heterocycles. The molecule has 1 N–H and O–H groups in total. The summed E-state index contributed by atoms with van der Waals surface area (Å²) < 4.78 is 0. The van der Waals surface area contributed by atoms with Crippen LogP contribution in [-0.4, -0.2) is 5.78 Å². The maximum Gasteiger partial charge on any atom is 0.193 e. The van der Waals surface area contributed by atoms with Crippen LogP contribution in [0.25, 0.3) is 5.70 Å². The third-order valence-corrected chi connectivity index (χ3v) is 6.65. The highest BCUT2D eigenvalue weighted by Crippen LogP contribution is 2.52. The van der Waals surface area contributed by atoms with E-state index in [0.717, 1.165) is 34.5 Å². The van der Waals surface area contributed by atoms with E-state index >= 15 is 0 Å². The normalized spacial score (nSPS) is 17.7. The number of carbonyl (C=O) groups is 1. The van der Waals surface area contributed by atoms with Crippen LogP contribution in [0.1, 0.15) is 39.2 Å². The number of Topliss-reactive ketones (excluding diaryl/α,β-unsaturated/α-hetero) is 1. The Labute approximate surface area is 163 Å². The Morgan fingerprint density at radius 2 is 1.59 bits per heavy atom. The lowest BCUT2D eigenvalue weighted by Gasteiger charge is -2.17. The van der Waals surface area contributed by atoms with E-state index in [-0.39, 0.29) is 11.0 Å². The summed E-state index contributed by atoms with van der Waals surface area (Å²) in [5.41, 5.74) is 7.16. The van der Waals surface area contributed by atoms with Crippen molar-refractivity contribution in [2.24, 2.45) is 0 Å². The quantitative estimate of drug-likeness (QED) is 0.590. The van der Waals surface area contributed by atoms with Gasteiger partial charge >= 0.3 is 0 Å². The lowest BCUT2D eigenvalue weighted by molar-refractivity contribution is 0.103. The molecule has 0 saturated carbocycles. The van der Waals surface area contributed by atoms with Crippen LogP contribution in [0, 0.1) is 0 Å². The molecule has 1 aliphatic heterocycles. The maximum absolute atomic E-state index is 13.3. The second kappa shape index (κ2) is 6.43. The molecule has 0 aromatic heterocycles. The topological polar surface area (TPSA) is 29.1 Å². The number of carbonyl (C=O) groups excluding carboxylic acids is 1. The molecule has 0 amide bonds. The van der Waals surface area contributed by atoms with Gasteiger partial charge in [-0.15, -0.1) is 11.8 Å². The Morgan fingerprint density at radius 3 is 2.37 bits per heavy atom. The predicted octanol–water partition coefficient (Wildman–Crippen LogP) is 6.12. The minimum Gasteiger partial charge on any atom is -0.354 e. The van der Waals surface area contributed by atoms with Crippen LogP contribution in [0.4, 0.5) is 5.69 Å². The van der Waals surface area contributed by atoms with Crippen LogP contribution in [0.15, 0.2) is 83.3 Å². The van der Waals surface area contributed by atoms with Gasteiger partial charge in [0.15, 0.2) is 5.78 Å². The molecule has 2 aliphatic rings. The smallest absolute Gasteiger partial charge is 0.193 e. The summed E-state index contributed by atoms with van der Waals surface area (Å²) in [6.45, 7) is 2.16. The van der Waals surface area contributed by atoms with E-state index in [2.05, 4.69) is 54.7 Å². The van der Waals surface area contributed by atoms with Crippen molar-refractivity contribution in [2.45, 2.75) is 23.5 Å². The summed E-state index contributed by atoms with van der Waals surface area (Å²) in [6.07, 6.45) is 1.01. The third kappa shape index (κ3) is 2.62. The van der Waals surface area contributed by atoms with Gasteiger partial charge in [-0.05, 0) is 29.7 Å². The number of para-hydroxylation sites is 1. The Bertz CT molecular complexity index is 1080. The van der Waals surface area contributed by atoms with Crippen LogP contribution in [-0.2, 0) is 6.42 Å². The zero-order valence-electron chi connectivity index (χ0n) is 15.0. The lowest BCUT2D eigenvalue weighted by Crippen LogP contribution is -2.07. The first-order chi connectivity index (χ1) is 13.3. The van der Waals surface area contributed by atoms with Gasteiger partial charge in [-0.3, -0.25) is 4.79 Å². The molecule has 1 atom stereocenters. The zero-order chi connectivity index (χ0) is 18.4. The molecule has 3 aromatic rings. The molecule has 1 aliphatic carbocycles. The number of hydrogen-bond acceptors (Lipinski definition) is 3. The summed E-state index contributed by atoms with van der Waals surface area (Å²) in [6, 6.07) is 24.9. The van der Waals surface area contributed by atoms with Crippen molar-refractivity contribution < 1.29 is 4.79 Å². The fraction of sp³-hybridized carbons (Fsp3) is 0.125. The first kappa shape index (κ1) is 16.4. The van der Waals surface area contributed by atoms with Crippen LogP contribution < -0.4 is 5.32 Å². The zero-order valence-corrected chi connectivity index (χ0v) is 15.8. The van der Waals surface area contributed by atoms with E-state index in [9.17, 15) is 4.79 Å². The van der Waals surface area contributed by atoms with Crippen molar-refractivity contribution in [2.75, 3.05) is 5.32 Å². The summed E-state index contributed by atoms with van der Waals surface area (Å²) in [4.78, 5) is 14.5. The summed E-state index contributed by atoms with van der Waals surface area (Å²) in [5.74, 6) is 0.137. The number of ketones is 1. The van der Waals surface area contributed by atoms with Crippen molar-refractivity contribution in [3.8, 4) is 0 Å². The molecule has 1 unspecified atom stereocenters. The Kier molecular flexibility index (Phi) is 3.91. The molecular formula is C24H19NOS. The molecule has 0 spiro atoms. The molecule has 3 heteroatoms. The first-order valence-corrected chi connectivity index (χ1v) is 10.1. The van der Waals surface area contributed by atoms with Gasteiger partial charge < -0.3 is 5.32 Å². The highest BCUT2D eigenvalue weighted by atomic mass is 32.2. The number of nitrogens with one attached hydrogen (secondary N) is 1. The second-order valence-corrected chi connectivity index (χ2v) is 8.02. The number of anilines is 1. The average molecular weight is 369 g/mol. The van der Waals surface area contributed by atoms with Gasteiger partial charge in [0.2, 0.25) is 0 Å². The Hall–Kier alpha value is -2.78. The largest absolute Gasteiger partial charge is 0.354 e. The van der Waals surface area contributed by atoms with Gasteiger partial charge in [0, 0.05) is 21.6 Å². The summed E-state index contributed by atoms with van der Waals surface area (Å²) >= 11 is 1.75. The Balaban J connectivity index is 1.71. The molecule has 0 radical (unpaired) electrons. The molecule has 2 nitrogen and oxygen atoms in total. The fourth-order valence-corrected chi connectivity index (χ4v) is 5.14. The summed E-state index contributed by atoms with van der Waals surface area (Å²) in [7, 11) is 0. The Morgan fingerprint density at radius 1 is 0.889 bits per heavy atom. The molecule has 0 fully saturated rings. The van der Waals surface area contributed by atoms with Crippen molar-refractivity contribution >= 4 is 28.9 Å². The third-order valence-electron chi connectivity index (χ3n) is 5.30. The standard InChI is InChI=1S/C24H19NOS/c1-2-15-11-13-16(14-12-15)24-21-22(17-7-3-4-8-18(17)23(21)26)25-19-9-5-6-10-20(19)27-24/h3-14,24-25H,2H2,1H3. The van der Waals surface area contributed by atoms with E-state index in [1.54, 1.807) is 11.8 Å². The summed E-state index contributed by atoms with van der Waals surface area (Å²) in [5, 5.41) is 3.54. The molecule has 0 saturated heterocycles. The number of rotatable bonds is 2. The van der Waals surface area contributed by atoms with E-state index in [1.807, 2.05) is 30.3 Å². The van der Waals surface area contributed by atoms with Crippen molar-refractivity contribution in [1.82, 2.24) is 0 Å². The fourth-order valence-electron chi connectivity index (χ4n) is 3.84. The number of fused-ring (bicyclic) bond motifs is 3. The van der Waals surface area contributed by atoms with Gasteiger partial charge in [0.05, 0.1) is 16.6 Å². The molecule has 3 aromatic carbocycles. The molecule has 5 rings (SSSR count). The number of aryl methyl sites for hydroxylation is 1. The molecule has 132 valence electrons. The lowest BCUT2D eigenvalue weighted by atomic mass is 9.99. The van der Waals surface area contributed by atoms with E-state index in [4.69, 9.17) is 0 Å². The highest BCUT2D eigenvalue weighted by molar-refractivity contribution is 8.00. The van der Waals surface area contributed by atoms with E-state index in [0.29, 0.717) is 0 Å². The van der Waals surface area contributed by atoms with Gasteiger partial charge in [0.25, 0.3) is 0 Å². The second-order valence-electron chi connectivity index (χ2n) is 6.88. The van der Waals surface area contributed by atoms with Crippen molar-refractivity contribution in [3.63, 3.8) is 0 Å². The predicted molar refractivity (Wildman–Crippen MR) is 112 cm³/mol. The average Bonchev–Trinajstić information content (AvgIpc) is 2.88. The first-order valence-electron chi connectivity index (χ1n) is 9.26. The molecule has 0 bridgehead atoms.